The lowest BCUT2D eigenvalue weighted by Gasteiger charge is -2.17. The summed E-state index contributed by atoms with van der Waals surface area (Å²) in [5, 5.41) is 5.62. The summed E-state index contributed by atoms with van der Waals surface area (Å²) in [6, 6.07) is 67.8. The Kier molecular flexibility index (Phi) is 7.59. The summed E-state index contributed by atoms with van der Waals surface area (Å²) in [6.45, 7) is 0. The topological polar surface area (TPSA) is 82.9 Å². The fourth-order valence-corrected chi connectivity index (χ4v) is 9.45. The molecule has 13 aromatic rings. The molecule has 8 heteroatoms. The molecule has 5 aromatic heterocycles. The predicted octanol–water partition coefficient (Wildman–Crippen LogP) is 12.4. The van der Waals surface area contributed by atoms with Crippen LogP contribution < -0.4 is 5.56 Å². The largest absolute Gasteiger partial charge is 0.292 e. The molecule has 0 atom stereocenters. The summed E-state index contributed by atoms with van der Waals surface area (Å²) >= 11 is 0. The molecule has 0 unspecified atom stereocenters. The lowest BCUT2D eigenvalue weighted by Crippen LogP contribution is -2.20. The van der Waals surface area contributed by atoms with E-state index in [1.807, 2.05) is 126 Å². The van der Waals surface area contributed by atoms with Gasteiger partial charge in [-0.25, -0.2) is 9.97 Å². The highest BCUT2D eigenvalue weighted by Crippen LogP contribution is 2.39. The first-order valence-electron chi connectivity index (χ1n) is 20.9. The van der Waals surface area contributed by atoms with Crippen molar-refractivity contribution in [2.45, 2.75) is 0 Å². The number of pyridine rings is 2. The van der Waals surface area contributed by atoms with Crippen molar-refractivity contribution in [1.29, 1.82) is 0 Å². The van der Waals surface area contributed by atoms with Crippen molar-refractivity contribution in [3.8, 4) is 45.5 Å². The van der Waals surface area contributed by atoms with Gasteiger partial charge in [0.1, 0.15) is 5.65 Å². The summed E-state index contributed by atoms with van der Waals surface area (Å²) in [5.41, 5.74) is 11.2. The third-order valence-corrected chi connectivity index (χ3v) is 12.3. The van der Waals surface area contributed by atoms with E-state index in [0.717, 1.165) is 93.6 Å². The van der Waals surface area contributed by atoms with Crippen LogP contribution in [0.15, 0.2) is 205 Å². The lowest BCUT2D eigenvalue weighted by molar-refractivity contribution is 0.953. The van der Waals surface area contributed by atoms with Crippen LogP contribution in [-0.2, 0) is 0 Å². The molecule has 63 heavy (non-hydrogen) atoms. The molecule has 13 rings (SSSR count). The first-order valence-corrected chi connectivity index (χ1v) is 20.9. The van der Waals surface area contributed by atoms with E-state index in [-0.39, 0.29) is 5.56 Å². The van der Waals surface area contributed by atoms with Crippen molar-refractivity contribution < 1.29 is 0 Å². The van der Waals surface area contributed by atoms with Gasteiger partial charge in [-0.05, 0) is 65.7 Å². The molecule has 294 valence electrons. The quantitative estimate of drug-likeness (QED) is 0.162. The zero-order valence-electron chi connectivity index (χ0n) is 33.6. The summed E-state index contributed by atoms with van der Waals surface area (Å²) < 4.78 is 6.28. The first kappa shape index (κ1) is 35.0. The van der Waals surface area contributed by atoms with Crippen LogP contribution in [0.4, 0.5) is 0 Å². The normalized spacial score (nSPS) is 11.9. The fraction of sp³-hybridized carbons (Fsp3) is 0. The third-order valence-electron chi connectivity index (χ3n) is 12.3. The van der Waals surface area contributed by atoms with Crippen LogP contribution >= 0.6 is 0 Å². The molecule has 0 radical (unpaired) electrons. The minimum absolute atomic E-state index is 0.0577. The van der Waals surface area contributed by atoms with Gasteiger partial charge in [-0.1, -0.05) is 146 Å². The van der Waals surface area contributed by atoms with Gasteiger partial charge in [0.25, 0.3) is 5.56 Å². The molecule has 0 spiro atoms. The number of fused-ring (bicyclic) bond motifs is 13. The molecule has 0 aliphatic rings. The van der Waals surface area contributed by atoms with E-state index in [9.17, 15) is 4.79 Å². The van der Waals surface area contributed by atoms with E-state index in [4.69, 9.17) is 19.9 Å². The van der Waals surface area contributed by atoms with Crippen LogP contribution in [0.1, 0.15) is 0 Å². The van der Waals surface area contributed by atoms with Gasteiger partial charge < -0.3 is 0 Å². The minimum atomic E-state index is -0.0577. The van der Waals surface area contributed by atoms with Crippen molar-refractivity contribution in [3.05, 3.63) is 211 Å². The van der Waals surface area contributed by atoms with Gasteiger partial charge in [0.15, 0.2) is 11.6 Å². The van der Waals surface area contributed by atoms with Crippen LogP contribution in [0.3, 0.4) is 0 Å². The van der Waals surface area contributed by atoms with Crippen molar-refractivity contribution in [2.24, 2.45) is 0 Å². The Morgan fingerprint density at radius 2 is 0.921 bits per heavy atom. The van der Waals surface area contributed by atoms with Crippen molar-refractivity contribution >= 4 is 71.1 Å². The second-order valence-electron chi connectivity index (χ2n) is 15.8. The number of aromatic nitrogens is 7. The van der Waals surface area contributed by atoms with E-state index >= 15 is 0 Å². The second-order valence-corrected chi connectivity index (χ2v) is 15.8. The third kappa shape index (κ3) is 5.31. The van der Waals surface area contributed by atoms with E-state index in [1.165, 1.54) is 0 Å². The van der Waals surface area contributed by atoms with Crippen molar-refractivity contribution in [3.63, 3.8) is 0 Å². The van der Waals surface area contributed by atoms with Gasteiger partial charge in [-0.15, -0.1) is 0 Å². The monoisotopic (exact) mass is 807 g/mol. The molecular weight excluding hydrogens is 775 g/mol. The molecule has 0 aliphatic heterocycles. The molecule has 0 saturated carbocycles. The van der Waals surface area contributed by atoms with E-state index in [2.05, 4.69) is 87.8 Å². The zero-order valence-corrected chi connectivity index (χ0v) is 33.6. The minimum Gasteiger partial charge on any atom is -0.292 e. The van der Waals surface area contributed by atoms with E-state index < -0.39 is 0 Å². The highest BCUT2D eigenvalue weighted by molar-refractivity contribution is 6.22. The second kappa shape index (κ2) is 13.6. The van der Waals surface area contributed by atoms with Gasteiger partial charge in [0.05, 0.1) is 38.5 Å². The zero-order chi connectivity index (χ0) is 41.6. The summed E-state index contributed by atoms with van der Waals surface area (Å²) in [6.07, 6.45) is 0. The smallest absolute Gasteiger partial charge is 0.263 e. The Balaban J connectivity index is 1.04. The summed E-state index contributed by atoms with van der Waals surface area (Å²) in [5.74, 6) is 1.78. The number of para-hydroxylation sites is 3. The average molecular weight is 808 g/mol. The van der Waals surface area contributed by atoms with Gasteiger partial charge in [-0.2, -0.15) is 9.97 Å². The van der Waals surface area contributed by atoms with Crippen LogP contribution in [0.2, 0.25) is 0 Å². The highest BCUT2D eigenvalue weighted by Gasteiger charge is 2.23. The van der Waals surface area contributed by atoms with Gasteiger partial charge >= 0.3 is 0 Å². The van der Waals surface area contributed by atoms with Crippen LogP contribution in [0.25, 0.3) is 117 Å². The maximum Gasteiger partial charge on any atom is 0.263 e. The number of hydrogen-bond acceptors (Lipinski definition) is 5. The molecule has 0 saturated heterocycles. The maximum absolute atomic E-state index is 14.4. The molecule has 0 aliphatic carbocycles. The number of rotatable bonds is 5. The van der Waals surface area contributed by atoms with Crippen molar-refractivity contribution in [2.75, 3.05) is 0 Å². The summed E-state index contributed by atoms with van der Waals surface area (Å²) in [7, 11) is 0. The van der Waals surface area contributed by atoms with Gasteiger partial charge in [-0.3, -0.25) is 18.3 Å². The number of benzene rings is 8. The maximum atomic E-state index is 14.4. The Bertz CT molecular complexity index is 3980. The molecule has 0 N–H and O–H groups in total. The van der Waals surface area contributed by atoms with E-state index in [1.54, 1.807) is 0 Å². The average Bonchev–Trinajstić information content (AvgIpc) is 3.90. The Hall–Kier alpha value is -8.75. The highest BCUT2D eigenvalue weighted by atomic mass is 16.1. The molecule has 0 amide bonds. The molecule has 8 aromatic carbocycles. The molecule has 5 heterocycles. The van der Waals surface area contributed by atoms with Crippen LogP contribution in [-0.4, -0.2) is 33.5 Å². The Labute approximate surface area is 359 Å². The van der Waals surface area contributed by atoms with Gasteiger partial charge in [0.2, 0.25) is 5.95 Å². The van der Waals surface area contributed by atoms with E-state index in [0.29, 0.717) is 23.0 Å². The van der Waals surface area contributed by atoms with Crippen LogP contribution in [0.5, 0.6) is 0 Å². The standard InChI is InChI=1S/C55H33N7O/c63-54-41-24-11-10-23-40(41)49-50(60(54)38-20-8-3-9-21-38)42-25-13-15-27-46(42)61-48-33-37(28-30-44(48)56-53(49)61)36-29-31-47-43(32-36)39-22-12-14-26-45(39)62(47)55-58-51(34-16-4-1-5-17-34)57-52(59-55)35-18-6-2-7-19-35/h1-33H. The number of nitrogens with zero attached hydrogens (tertiary/aromatic N) is 7. The van der Waals surface area contributed by atoms with Crippen molar-refractivity contribution in [1.82, 2.24) is 33.5 Å². The molecule has 8 nitrogen and oxygen atoms in total. The first-order chi connectivity index (χ1) is 31.2. The Morgan fingerprint density at radius 3 is 1.63 bits per heavy atom. The number of hydrogen-bond donors (Lipinski definition) is 0. The molecule has 0 bridgehead atoms. The number of imidazole rings is 1. The lowest BCUT2D eigenvalue weighted by atomic mass is 10.0. The molecular formula is C55H33N7O. The van der Waals surface area contributed by atoms with Crippen LogP contribution in [0, 0.1) is 0 Å². The SMILES string of the molecule is O=c1c2ccccc2c2c(c3ccccc3n3c4cc(-c5ccc6c(c5)c5ccccc5n6-c5nc(-c6ccccc6)nc(-c6ccccc6)n5)ccc4nc23)n1-c1ccccc1. The molecule has 0 fully saturated rings. The Morgan fingerprint density at radius 1 is 0.365 bits per heavy atom. The fourth-order valence-electron chi connectivity index (χ4n) is 9.45. The van der Waals surface area contributed by atoms with Gasteiger partial charge in [0, 0.05) is 43.7 Å². The summed E-state index contributed by atoms with van der Waals surface area (Å²) in [4.78, 5) is 35.0. The predicted molar refractivity (Wildman–Crippen MR) is 255 cm³/mol.